The molecule has 0 aliphatic carbocycles. The number of hydrogen-bond donors (Lipinski definition) is 0. The van der Waals surface area contributed by atoms with Gasteiger partial charge in [0, 0.05) is 45.3 Å². The maximum atomic E-state index is 12.7. The zero-order valence-electron chi connectivity index (χ0n) is 15.0. The molecule has 1 atom stereocenters. The van der Waals surface area contributed by atoms with Crippen LogP contribution in [0.2, 0.25) is 0 Å². The molecule has 140 valence electrons. The van der Waals surface area contributed by atoms with E-state index in [4.69, 9.17) is 4.74 Å². The van der Waals surface area contributed by atoms with Gasteiger partial charge in [0.05, 0.1) is 24.8 Å². The zero-order chi connectivity index (χ0) is 18.5. The molecule has 1 aromatic rings. The summed E-state index contributed by atoms with van der Waals surface area (Å²) in [5, 5.41) is 0. The lowest BCUT2D eigenvalue weighted by Gasteiger charge is -2.35. The van der Waals surface area contributed by atoms with E-state index >= 15 is 0 Å². The lowest BCUT2D eigenvalue weighted by molar-refractivity contribution is -0.137. The molecule has 8 nitrogen and oxygen atoms in total. The van der Waals surface area contributed by atoms with Gasteiger partial charge < -0.3 is 19.4 Å². The minimum absolute atomic E-state index is 0.00891. The van der Waals surface area contributed by atoms with Gasteiger partial charge in [-0.1, -0.05) is 6.07 Å². The number of carbonyl (C=O) groups is 3. The van der Waals surface area contributed by atoms with Gasteiger partial charge in [0.2, 0.25) is 11.8 Å². The van der Waals surface area contributed by atoms with E-state index in [1.54, 1.807) is 27.8 Å². The number of pyridine rings is 1. The van der Waals surface area contributed by atoms with Crippen molar-refractivity contribution in [3.05, 3.63) is 30.1 Å². The van der Waals surface area contributed by atoms with Crippen molar-refractivity contribution in [3.63, 3.8) is 0 Å². The van der Waals surface area contributed by atoms with E-state index in [0.717, 1.165) is 5.69 Å². The summed E-state index contributed by atoms with van der Waals surface area (Å²) in [5.74, 6) is -0.343. The summed E-state index contributed by atoms with van der Waals surface area (Å²) in [4.78, 5) is 46.0. The molecule has 26 heavy (non-hydrogen) atoms. The second kappa shape index (κ2) is 8.16. The van der Waals surface area contributed by atoms with Crippen LogP contribution in [0.3, 0.4) is 0 Å². The fraction of sp³-hybridized carbons (Fsp3) is 0.556. The van der Waals surface area contributed by atoms with Gasteiger partial charge in [-0.05, 0) is 19.1 Å². The highest BCUT2D eigenvalue weighted by Crippen LogP contribution is 2.22. The lowest BCUT2D eigenvalue weighted by atomic mass is 10.1. The maximum Gasteiger partial charge on any atom is 0.409 e. The molecule has 2 aliphatic rings. The normalized spacial score (nSPS) is 20.4. The third-order valence-electron chi connectivity index (χ3n) is 4.76. The van der Waals surface area contributed by atoms with Crippen molar-refractivity contribution in [2.24, 2.45) is 5.92 Å². The van der Waals surface area contributed by atoms with Gasteiger partial charge in [-0.15, -0.1) is 0 Å². The Labute approximate surface area is 152 Å². The molecule has 0 saturated carbocycles. The molecule has 3 rings (SSSR count). The predicted octanol–water partition coefficient (Wildman–Crippen LogP) is 0.731. The lowest BCUT2D eigenvalue weighted by Crippen LogP contribution is -2.52. The highest BCUT2D eigenvalue weighted by Gasteiger charge is 2.37. The number of nitrogens with zero attached hydrogens (tertiary/aromatic N) is 4. The van der Waals surface area contributed by atoms with Gasteiger partial charge in [0.25, 0.3) is 0 Å². The van der Waals surface area contributed by atoms with Gasteiger partial charge in [-0.25, -0.2) is 4.79 Å². The fourth-order valence-electron chi connectivity index (χ4n) is 3.36. The highest BCUT2D eigenvalue weighted by atomic mass is 16.6. The number of rotatable bonds is 4. The Morgan fingerprint density at radius 3 is 2.58 bits per heavy atom. The van der Waals surface area contributed by atoms with Gasteiger partial charge >= 0.3 is 6.09 Å². The third-order valence-corrected chi connectivity index (χ3v) is 4.76. The van der Waals surface area contributed by atoms with Crippen LogP contribution < -0.4 is 0 Å². The smallest absolute Gasteiger partial charge is 0.409 e. The summed E-state index contributed by atoms with van der Waals surface area (Å²) in [5.41, 5.74) is 0.817. The topological polar surface area (TPSA) is 83.0 Å². The molecular weight excluding hydrogens is 336 g/mol. The van der Waals surface area contributed by atoms with Gasteiger partial charge in [-0.3, -0.25) is 14.6 Å². The molecule has 2 saturated heterocycles. The van der Waals surface area contributed by atoms with Crippen molar-refractivity contribution >= 4 is 17.9 Å². The van der Waals surface area contributed by atoms with E-state index in [1.165, 1.54) is 0 Å². The molecule has 1 aromatic heterocycles. The third kappa shape index (κ3) is 4.12. The highest BCUT2D eigenvalue weighted by molar-refractivity contribution is 5.89. The van der Waals surface area contributed by atoms with Gasteiger partial charge in [-0.2, -0.15) is 0 Å². The number of ether oxygens (including phenoxy) is 1. The largest absolute Gasteiger partial charge is 0.450 e. The summed E-state index contributed by atoms with van der Waals surface area (Å²) >= 11 is 0. The van der Waals surface area contributed by atoms with Crippen LogP contribution in [0.1, 0.15) is 19.0 Å². The first-order valence-corrected chi connectivity index (χ1v) is 8.96. The van der Waals surface area contributed by atoms with E-state index < -0.39 is 0 Å². The van der Waals surface area contributed by atoms with Gasteiger partial charge in [0.1, 0.15) is 0 Å². The van der Waals surface area contributed by atoms with Crippen LogP contribution in [0.4, 0.5) is 4.79 Å². The molecule has 0 N–H and O–H groups in total. The summed E-state index contributed by atoms with van der Waals surface area (Å²) in [6.45, 7) is 4.84. The number of hydrogen-bond acceptors (Lipinski definition) is 5. The number of likely N-dealkylation sites (tertiary alicyclic amines) is 1. The molecule has 3 heterocycles. The first-order chi connectivity index (χ1) is 12.6. The molecule has 2 fully saturated rings. The molecule has 0 spiro atoms. The maximum absolute atomic E-state index is 12.7. The van der Waals surface area contributed by atoms with E-state index in [1.807, 2.05) is 18.2 Å². The first kappa shape index (κ1) is 18.2. The van der Waals surface area contributed by atoms with Crippen LogP contribution in [-0.2, 0) is 20.9 Å². The number of carbonyl (C=O) groups excluding carboxylic acids is 3. The van der Waals surface area contributed by atoms with Crippen LogP contribution >= 0.6 is 0 Å². The molecule has 0 bridgehead atoms. The van der Waals surface area contributed by atoms with Crippen molar-refractivity contribution in [1.29, 1.82) is 0 Å². The number of amides is 3. The van der Waals surface area contributed by atoms with Crippen molar-refractivity contribution in [2.45, 2.75) is 19.9 Å². The molecule has 3 amide bonds. The average Bonchev–Trinajstić information content (AvgIpc) is 3.03. The number of aromatic nitrogens is 1. The average molecular weight is 360 g/mol. The summed E-state index contributed by atoms with van der Waals surface area (Å²) < 4.78 is 4.99. The standard InChI is InChI=1S/C18H24N4O4/c1-2-26-18(25)21-9-7-20(8-10-21)17(24)14-11-16(23)22(12-14)13-15-5-3-4-6-19-15/h3-6,14H,2,7-13H2,1H3/t14-/m0/s1. The summed E-state index contributed by atoms with van der Waals surface area (Å²) in [7, 11) is 0. The van der Waals surface area contributed by atoms with Crippen molar-refractivity contribution < 1.29 is 19.1 Å². The van der Waals surface area contributed by atoms with Crippen molar-refractivity contribution in [1.82, 2.24) is 19.7 Å². The predicted molar refractivity (Wildman–Crippen MR) is 92.9 cm³/mol. The summed E-state index contributed by atoms with van der Waals surface area (Å²) in [6, 6.07) is 5.59. The molecule has 8 heteroatoms. The molecule has 2 aliphatic heterocycles. The van der Waals surface area contributed by atoms with Crippen LogP contribution in [0.25, 0.3) is 0 Å². The Bertz CT molecular complexity index is 658. The first-order valence-electron chi connectivity index (χ1n) is 8.96. The minimum Gasteiger partial charge on any atom is -0.450 e. The second-order valence-electron chi connectivity index (χ2n) is 6.51. The van der Waals surface area contributed by atoms with Crippen LogP contribution in [-0.4, -0.2) is 76.9 Å². The Hall–Kier alpha value is -2.64. The number of piperazine rings is 1. The van der Waals surface area contributed by atoms with Crippen LogP contribution in [0.15, 0.2) is 24.4 Å². The fourth-order valence-corrected chi connectivity index (χ4v) is 3.36. The van der Waals surface area contributed by atoms with Crippen molar-refractivity contribution in [2.75, 3.05) is 39.3 Å². The second-order valence-corrected chi connectivity index (χ2v) is 6.51. The van der Waals surface area contributed by atoms with Crippen molar-refractivity contribution in [3.8, 4) is 0 Å². The Morgan fingerprint density at radius 1 is 1.19 bits per heavy atom. The molecule has 0 aromatic carbocycles. The quantitative estimate of drug-likeness (QED) is 0.791. The SMILES string of the molecule is CCOC(=O)N1CCN(C(=O)[C@H]2CC(=O)N(Cc3ccccn3)C2)CC1. The van der Waals surface area contributed by atoms with E-state index in [9.17, 15) is 14.4 Å². The molecule has 0 radical (unpaired) electrons. The van der Waals surface area contributed by atoms with E-state index in [-0.39, 0.29) is 30.2 Å². The van der Waals surface area contributed by atoms with Crippen LogP contribution in [0.5, 0.6) is 0 Å². The monoisotopic (exact) mass is 360 g/mol. The Balaban J connectivity index is 1.51. The summed E-state index contributed by atoms with van der Waals surface area (Å²) in [6.07, 6.45) is 1.60. The Kier molecular flexibility index (Phi) is 5.70. The molecule has 0 unspecified atom stereocenters. The van der Waals surface area contributed by atoms with E-state index in [0.29, 0.717) is 45.9 Å². The minimum atomic E-state index is -0.336. The molecular formula is C18H24N4O4. The van der Waals surface area contributed by atoms with Gasteiger partial charge in [0.15, 0.2) is 0 Å². The Morgan fingerprint density at radius 2 is 1.92 bits per heavy atom. The zero-order valence-corrected chi connectivity index (χ0v) is 15.0. The van der Waals surface area contributed by atoms with Crippen LogP contribution in [0, 0.1) is 5.92 Å². The van der Waals surface area contributed by atoms with E-state index in [2.05, 4.69) is 4.98 Å².